The Labute approximate surface area is 94.0 Å². The molecule has 1 unspecified atom stereocenters. The molecule has 0 N–H and O–H groups in total. The number of allylic oxidation sites excluding steroid dienone is 2. The second kappa shape index (κ2) is 7.28. The minimum atomic E-state index is 0.549. The van der Waals surface area contributed by atoms with Crippen LogP contribution < -0.4 is 0 Å². The van der Waals surface area contributed by atoms with E-state index in [0.29, 0.717) is 5.92 Å². The summed E-state index contributed by atoms with van der Waals surface area (Å²) in [5.74, 6) is 0.549. The molecule has 0 saturated carbocycles. The molecule has 1 atom stereocenters. The highest BCUT2D eigenvalue weighted by molar-refractivity contribution is 5.22. The van der Waals surface area contributed by atoms with Gasteiger partial charge in [0.1, 0.15) is 0 Å². The summed E-state index contributed by atoms with van der Waals surface area (Å²) in [6.07, 6.45) is 9.87. The summed E-state index contributed by atoms with van der Waals surface area (Å²) in [5.41, 5.74) is 1.41. The minimum absolute atomic E-state index is 0.549. The van der Waals surface area contributed by atoms with Crippen LogP contribution in [-0.4, -0.2) is 0 Å². The van der Waals surface area contributed by atoms with Crippen LogP contribution in [0.3, 0.4) is 0 Å². The van der Waals surface area contributed by atoms with E-state index in [2.05, 4.69) is 56.3 Å². The van der Waals surface area contributed by atoms with Gasteiger partial charge < -0.3 is 0 Å². The van der Waals surface area contributed by atoms with E-state index in [9.17, 15) is 0 Å². The molecule has 0 nitrogen and oxygen atoms in total. The molecule has 0 heteroatoms. The van der Waals surface area contributed by atoms with Crippen LogP contribution >= 0.6 is 0 Å². The Morgan fingerprint density at radius 3 is 2.53 bits per heavy atom. The lowest BCUT2D eigenvalue weighted by Crippen LogP contribution is -1.87. The third-order valence-electron chi connectivity index (χ3n) is 2.72. The Morgan fingerprint density at radius 2 is 1.87 bits per heavy atom. The topological polar surface area (TPSA) is 0 Å². The Kier molecular flexibility index (Phi) is 5.84. The van der Waals surface area contributed by atoms with Gasteiger partial charge in [0.15, 0.2) is 0 Å². The van der Waals surface area contributed by atoms with Gasteiger partial charge in [-0.25, -0.2) is 0 Å². The zero-order valence-corrected chi connectivity index (χ0v) is 9.95. The molecule has 15 heavy (non-hydrogen) atoms. The fourth-order valence-corrected chi connectivity index (χ4v) is 1.68. The van der Waals surface area contributed by atoms with E-state index in [-0.39, 0.29) is 0 Å². The average Bonchev–Trinajstić information content (AvgIpc) is 2.30. The molecule has 0 saturated heterocycles. The van der Waals surface area contributed by atoms with Gasteiger partial charge in [-0.15, -0.1) is 0 Å². The lowest BCUT2D eigenvalue weighted by Gasteiger charge is -2.05. The van der Waals surface area contributed by atoms with Crippen molar-refractivity contribution in [2.45, 2.75) is 45.4 Å². The summed E-state index contributed by atoms with van der Waals surface area (Å²) in [4.78, 5) is 0. The molecule has 0 radical (unpaired) electrons. The predicted octanol–water partition coefficient (Wildman–Crippen LogP) is 4.93. The molecule has 0 heterocycles. The minimum Gasteiger partial charge on any atom is -0.0879 e. The maximum absolute atomic E-state index is 2.33. The second-order valence-electron chi connectivity index (χ2n) is 4.12. The van der Waals surface area contributed by atoms with Crippen LogP contribution in [0.15, 0.2) is 42.5 Å². The summed E-state index contributed by atoms with van der Waals surface area (Å²) in [7, 11) is 0. The molecule has 0 aliphatic carbocycles. The molecule has 0 fully saturated rings. The standard InChI is InChI=1S/C15H22/c1-3-4-5-6-8-11-14(2)15-12-9-7-10-13-15/h7-14H,3-6H2,1-2H3. The van der Waals surface area contributed by atoms with E-state index in [4.69, 9.17) is 0 Å². The number of hydrogen-bond acceptors (Lipinski definition) is 0. The Balaban J connectivity index is 2.32. The molecule has 0 aliphatic heterocycles. The van der Waals surface area contributed by atoms with E-state index in [0.717, 1.165) is 0 Å². The molecular formula is C15H22. The van der Waals surface area contributed by atoms with Gasteiger partial charge >= 0.3 is 0 Å². The van der Waals surface area contributed by atoms with Gasteiger partial charge in [0.25, 0.3) is 0 Å². The van der Waals surface area contributed by atoms with Crippen molar-refractivity contribution in [2.75, 3.05) is 0 Å². The third kappa shape index (κ3) is 4.83. The highest BCUT2D eigenvalue weighted by Crippen LogP contribution is 2.16. The quantitative estimate of drug-likeness (QED) is 0.453. The molecule has 82 valence electrons. The average molecular weight is 202 g/mol. The van der Waals surface area contributed by atoms with Crippen LogP contribution in [0.1, 0.15) is 51.0 Å². The molecule has 1 rings (SSSR count). The fourth-order valence-electron chi connectivity index (χ4n) is 1.68. The summed E-state index contributed by atoms with van der Waals surface area (Å²) in [6.45, 7) is 4.50. The van der Waals surface area contributed by atoms with Gasteiger partial charge in [-0.1, -0.05) is 69.2 Å². The monoisotopic (exact) mass is 202 g/mol. The van der Waals surface area contributed by atoms with Crippen molar-refractivity contribution in [1.29, 1.82) is 0 Å². The van der Waals surface area contributed by atoms with Gasteiger partial charge in [-0.2, -0.15) is 0 Å². The zero-order chi connectivity index (χ0) is 10.9. The number of unbranched alkanes of at least 4 members (excludes halogenated alkanes) is 3. The Bertz CT molecular complexity index is 271. The molecule has 0 aromatic heterocycles. The summed E-state index contributed by atoms with van der Waals surface area (Å²) in [6, 6.07) is 10.7. The van der Waals surface area contributed by atoms with Crippen molar-refractivity contribution < 1.29 is 0 Å². The van der Waals surface area contributed by atoms with Crippen LogP contribution in [0.5, 0.6) is 0 Å². The van der Waals surface area contributed by atoms with Crippen LogP contribution in [0.25, 0.3) is 0 Å². The van der Waals surface area contributed by atoms with Crippen LogP contribution in [0, 0.1) is 0 Å². The predicted molar refractivity (Wildman–Crippen MR) is 68.1 cm³/mol. The Morgan fingerprint density at radius 1 is 1.13 bits per heavy atom. The SMILES string of the molecule is CCCCCC=CC(C)c1ccccc1. The van der Waals surface area contributed by atoms with Crippen molar-refractivity contribution in [3.63, 3.8) is 0 Å². The molecule has 1 aromatic carbocycles. The fraction of sp³-hybridized carbons (Fsp3) is 0.467. The highest BCUT2D eigenvalue weighted by Gasteiger charge is 1.98. The summed E-state index contributed by atoms with van der Waals surface area (Å²) in [5, 5.41) is 0. The lowest BCUT2D eigenvalue weighted by molar-refractivity contribution is 0.727. The van der Waals surface area contributed by atoms with Crippen molar-refractivity contribution in [3.8, 4) is 0 Å². The molecule has 0 aliphatic rings. The smallest absolute Gasteiger partial charge is 0.00104 e. The van der Waals surface area contributed by atoms with Crippen molar-refractivity contribution >= 4 is 0 Å². The van der Waals surface area contributed by atoms with E-state index in [1.165, 1.54) is 31.2 Å². The van der Waals surface area contributed by atoms with E-state index >= 15 is 0 Å². The maximum Gasteiger partial charge on any atom is -0.00104 e. The van der Waals surface area contributed by atoms with Crippen molar-refractivity contribution in [1.82, 2.24) is 0 Å². The first kappa shape index (κ1) is 12.0. The third-order valence-corrected chi connectivity index (χ3v) is 2.72. The lowest BCUT2D eigenvalue weighted by atomic mass is 10.0. The summed E-state index contributed by atoms with van der Waals surface area (Å²) >= 11 is 0. The van der Waals surface area contributed by atoms with Gasteiger partial charge in [0, 0.05) is 0 Å². The summed E-state index contributed by atoms with van der Waals surface area (Å²) < 4.78 is 0. The first-order valence-corrected chi connectivity index (χ1v) is 6.06. The molecule has 0 spiro atoms. The maximum atomic E-state index is 2.33. The van der Waals surface area contributed by atoms with Crippen LogP contribution in [0.4, 0.5) is 0 Å². The van der Waals surface area contributed by atoms with Crippen LogP contribution in [0.2, 0.25) is 0 Å². The number of rotatable bonds is 6. The first-order chi connectivity index (χ1) is 7.34. The van der Waals surface area contributed by atoms with Crippen LogP contribution in [-0.2, 0) is 0 Å². The first-order valence-electron chi connectivity index (χ1n) is 6.06. The molecule has 0 amide bonds. The number of benzene rings is 1. The van der Waals surface area contributed by atoms with Crippen molar-refractivity contribution in [3.05, 3.63) is 48.0 Å². The molecule has 1 aromatic rings. The second-order valence-corrected chi connectivity index (χ2v) is 4.12. The Hall–Kier alpha value is -1.04. The van der Waals surface area contributed by atoms with E-state index in [1.807, 2.05) is 0 Å². The normalized spacial score (nSPS) is 13.2. The van der Waals surface area contributed by atoms with Gasteiger partial charge in [-0.05, 0) is 24.3 Å². The van der Waals surface area contributed by atoms with Crippen molar-refractivity contribution in [2.24, 2.45) is 0 Å². The molecular weight excluding hydrogens is 180 g/mol. The van der Waals surface area contributed by atoms with Gasteiger partial charge in [0.2, 0.25) is 0 Å². The van der Waals surface area contributed by atoms with E-state index in [1.54, 1.807) is 0 Å². The largest absolute Gasteiger partial charge is 0.0879 e. The van der Waals surface area contributed by atoms with Gasteiger partial charge in [-0.3, -0.25) is 0 Å². The highest BCUT2D eigenvalue weighted by atomic mass is 14.0. The molecule has 0 bridgehead atoms. The van der Waals surface area contributed by atoms with Gasteiger partial charge in [0.05, 0.1) is 0 Å². The zero-order valence-electron chi connectivity index (χ0n) is 9.95. The van der Waals surface area contributed by atoms with E-state index < -0.39 is 0 Å². The number of hydrogen-bond donors (Lipinski definition) is 0.